The van der Waals surface area contributed by atoms with Crippen LogP contribution < -0.4 is 0 Å². The number of hydrogen-bond acceptors (Lipinski definition) is 1. The second-order valence-electron chi connectivity index (χ2n) is 5.30. The third kappa shape index (κ3) is 2.88. The highest BCUT2D eigenvalue weighted by atomic mass is 35.5. The summed E-state index contributed by atoms with van der Waals surface area (Å²) >= 11 is 6.22. The van der Waals surface area contributed by atoms with Gasteiger partial charge in [0.2, 0.25) is 5.91 Å². The summed E-state index contributed by atoms with van der Waals surface area (Å²) in [5, 5.41) is 0.137. The lowest BCUT2D eigenvalue weighted by molar-refractivity contribution is -0.136. The molecule has 0 bridgehead atoms. The quantitative estimate of drug-likeness (QED) is 0.571. The van der Waals surface area contributed by atoms with E-state index in [-0.39, 0.29) is 22.6 Å². The number of carbonyl (C=O) groups is 1. The first kappa shape index (κ1) is 11.8. The number of nitrogens with zero attached hydrogens (tertiary/aromatic N) is 1. The first-order valence-electron chi connectivity index (χ1n) is 5.21. The Hall–Kier alpha value is -0.240. The maximum absolute atomic E-state index is 11.8. The van der Waals surface area contributed by atoms with Crippen molar-refractivity contribution >= 4 is 17.5 Å². The van der Waals surface area contributed by atoms with Gasteiger partial charge in [-0.25, -0.2) is 0 Å². The van der Waals surface area contributed by atoms with Crippen molar-refractivity contribution in [2.75, 3.05) is 13.6 Å². The first-order chi connectivity index (χ1) is 6.32. The number of amides is 1. The van der Waals surface area contributed by atoms with Gasteiger partial charge in [-0.3, -0.25) is 4.79 Å². The average Bonchev–Trinajstić information content (AvgIpc) is 1.98. The summed E-state index contributed by atoms with van der Waals surface area (Å²) in [5.74, 6) is 0.294. The second-order valence-corrected chi connectivity index (χ2v) is 5.91. The summed E-state index contributed by atoms with van der Waals surface area (Å²) in [5.41, 5.74) is 0.136. The summed E-state index contributed by atoms with van der Waals surface area (Å²) < 4.78 is 0. The summed E-state index contributed by atoms with van der Waals surface area (Å²) in [7, 11) is 1.88. The van der Waals surface area contributed by atoms with Crippen molar-refractivity contribution in [2.24, 2.45) is 11.3 Å². The van der Waals surface area contributed by atoms with Gasteiger partial charge in [0.05, 0.1) is 0 Å². The van der Waals surface area contributed by atoms with Gasteiger partial charge in [0.15, 0.2) is 0 Å². The fraction of sp³-hybridized carbons (Fsp3) is 0.909. The predicted octanol–water partition coefficient (Wildman–Crippen LogP) is 2.51. The number of rotatable bonds is 0. The molecule has 1 saturated heterocycles. The predicted molar refractivity (Wildman–Crippen MR) is 59.5 cm³/mol. The van der Waals surface area contributed by atoms with Crippen LogP contribution in [0.25, 0.3) is 0 Å². The van der Waals surface area contributed by atoms with Crippen LogP contribution in [0.15, 0.2) is 0 Å². The van der Waals surface area contributed by atoms with Gasteiger partial charge in [-0.15, -0.1) is 11.6 Å². The molecule has 0 N–H and O–H groups in total. The van der Waals surface area contributed by atoms with E-state index in [2.05, 4.69) is 13.8 Å². The summed E-state index contributed by atoms with van der Waals surface area (Å²) in [6, 6.07) is 0. The molecule has 0 aliphatic carbocycles. The topological polar surface area (TPSA) is 20.3 Å². The fourth-order valence-electron chi connectivity index (χ4n) is 2.33. The smallest absolute Gasteiger partial charge is 0.225 e. The Balaban J connectivity index is 2.77. The number of carbonyl (C=O) groups excluding carboxylic acids is 1. The lowest BCUT2D eigenvalue weighted by Gasteiger charge is -2.36. The standard InChI is InChI=1S/C11H20ClNO/c1-8-5-9(12)6-11(2,3)7-13(4)10(8)14/h8-9H,5-7H2,1-4H3. The molecule has 1 amide bonds. The van der Waals surface area contributed by atoms with E-state index < -0.39 is 0 Å². The van der Waals surface area contributed by atoms with Gasteiger partial charge in [-0.2, -0.15) is 0 Å². The van der Waals surface area contributed by atoms with E-state index in [1.54, 1.807) is 0 Å². The molecular formula is C11H20ClNO. The molecular weight excluding hydrogens is 198 g/mol. The molecule has 14 heavy (non-hydrogen) atoms. The molecule has 3 heteroatoms. The average molecular weight is 218 g/mol. The van der Waals surface area contributed by atoms with Crippen molar-refractivity contribution in [3.8, 4) is 0 Å². The van der Waals surface area contributed by atoms with Crippen molar-refractivity contribution in [1.82, 2.24) is 4.90 Å². The maximum Gasteiger partial charge on any atom is 0.225 e. The summed E-state index contributed by atoms with van der Waals surface area (Å²) in [6.45, 7) is 7.11. The van der Waals surface area contributed by atoms with Crippen molar-refractivity contribution in [1.29, 1.82) is 0 Å². The highest BCUT2D eigenvalue weighted by Gasteiger charge is 2.32. The minimum Gasteiger partial charge on any atom is -0.345 e. The van der Waals surface area contributed by atoms with Crippen molar-refractivity contribution in [3.05, 3.63) is 0 Å². The summed E-state index contributed by atoms with van der Waals surface area (Å²) in [4.78, 5) is 13.6. The van der Waals surface area contributed by atoms with Crippen molar-refractivity contribution in [3.63, 3.8) is 0 Å². The van der Waals surface area contributed by atoms with E-state index in [0.717, 1.165) is 19.4 Å². The Morgan fingerprint density at radius 1 is 1.50 bits per heavy atom. The van der Waals surface area contributed by atoms with Crippen LogP contribution in [0.5, 0.6) is 0 Å². The monoisotopic (exact) mass is 217 g/mol. The molecule has 2 atom stereocenters. The number of halogens is 1. The third-order valence-electron chi connectivity index (χ3n) is 2.85. The van der Waals surface area contributed by atoms with Crippen LogP contribution in [0.2, 0.25) is 0 Å². The molecule has 0 aromatic heterocycles. The van der Waals surface area contributed by atoms with E-state index in [4.69, 9.17) is 11.6 Å². The number of likely N-dealkylation sites (tertiary alicyclic amines) is 1. The Morgan fingerprint density at radius 2 is 2.07 bits per heavy atom. The molecule has 0 aromatic carbocycles. The highest BCUT2D eigenvalue weighted by molar-refractivity contribution is 6.20. The Labute approximate surface area is 91.6 Å². The van der Waals surface area contributed by atoms with Gasteiger partial charge >= 0.3 is 0 Å². The molecule has 1 fully saturated rings. The molecule has 82 valence electrons. The first-order valence-corrected chi connectivity index (χ1v) is 5.64. The van der Waals surface area contributed by atoms with Crippen LogP contribution >= 0.6 is 11.6 Å². The van der Waals surface area contributed by atoms with Gasteiger partial charge in [0, 0.05) is 24.9 Å². The molecule has 0 radical (unpaired) electrons. The lowest BCUT2D eigenvalue weighted by atomic mass is 9.83. The van der Waals surface area contributed by atoms with Crippen molar-refractivity contribution in [2.45, 2.75) is 39.0 Å². The molecule has 2 nitrogen and oxygen atoms in total. The van der Waals surface area contributed by atoms with Crippen molar-refractivity contribution < 1.29 is 4.79 Å². The Bertz CT molecular complexity index is 227. The Kier molecular flexibility index (Phi) is 3.46. The third-order valence-corrected chi connectivity index (χ3v) is 3.18. The Morgan fingerprint density at radius 3 is 2.64 bits per heavy atom. The normalized spacial score (nSPS) is 33.8. The van der Waals surface area contributed by atoms with E-state index in [1.165, 1.54) is 0 Å². The lowest BCUT2D eigenvalue weighted by Crippen LogP contribution is -2.42. The fourth-order valence-corrected chi connectivity index (χ4v) is 3.01. The van der Waals surface area contributed by atoms with E-state index in [9.17, 15) is 4.79 Å². The SMILES string of the molecule is CC1CC(Cl)CC(C)(C)CN(C)C1=O. The van der Waals surface area contributed by atoms with Gasteiger partial charge in [0.1, 0.15) is 0 Å². The molecule has 0 spiro atoms. The van der Waals surface area contributed by atoms with Gasteiger partial charge in [-0.05, 0) is 18.3 Å². The maximum atomic E-state index is 11.8. The van der Waals surface area contributed by atoms with Crippen LogP contribution in [0.3, 0.4) is 0 Å². The van der Waals surface area contributed by atoms with Crippen LogP contribution in [0, 0.1) is 11.3 Å². The molecule has 0 aromatic rings. The van der Waals surface area contributed by atoms with E-state index in [1.807, 2.05) is 18.9 Å². The summed E-state index contributed by atoms with van der Waals surface area (Å²) in [6.07, 6.45) is 1.78. The van der Waals surface area contributed by atoms with Crippen LogP contribution in [0.1, 0.15) is 33.6 Å². The molecule has 1 aliphatic heterocycles. The second kappa shape index (κ2) is 4.09. The van der Waals surface area contributed by atoms with Gasteiger partial charge in [0.25, 0.3) is 0 Å². The van der Waals surface area contributed by atoms with Crippen LogP contribution in [-0.2, 0) is 4.79 Å². The van der Waals surface area contributed by atoms with Crippen LogP contribution in [0.4, 0.5) is 0 Å². The van der Waals surface area contributed by atoms with Gasteiger partial charge in [-0.1, -0.05) is 20.8 Å². The van der Waals surface area contributed by atoms with E-state index >= 15 is 0 Å². The molecule has 1 rings (SSSR count). The number of alkyl halides is 1. The zero-order valence-electron chi connectivity index (χ0n) is 9.51. The zero-order valence-corrected chi connectivity index (χ0v) is 10.3. The van der Waals surface area contributed by atoms with E-state index in [0.29, 0.717) is 0 Å². The molecule has 1 aliphatic rings. The largest absolute Gasteiger partial charge is 0.345 e. The molecule has 1 heterocycles. The minimum atomic E-state index is 0.0681. The molecule has 0 saturated carbocycles. The molecule has 2 unspecified atom stereocenters. The highest BCUT2D eigenvalue weighted by Crippen LogP contribution is 2.31. The minimum absolute atomic E-state index is 0.0681. The van der Waals surface area contributed by atoms with Crippen LogP contribution in [-0.4, -0.2) is 29.8 Å². The number of hydrogen-bond donors (Lipinski definition) is 0. The zero-order chi connectivity index (χ0) is 10.9. The van der Waals surface area contributed by atoms with Gasteiger partial charge < -0.3 is 4.90 Å².